The fourth-order valence-electron chi connectivity index (χ4n) is 5.38. The first-order valence-electron chi connectivity index (χ1n) is 11.5. The average molecular weight is 467 g/mol. The molecule has 3 aromatic carbocycles. The zero-order valence-electron chi connectivity index (χ0n) is 19.7. The van der Waals surface area contributed by atoms with Crippen molar-refractivity contribution in [3.05, 3.63) is 119 Å². The molecule has 1 saturated carbocycles. The largest absolute Gasteiger partial charge is 0.468 e. The van der Waals surface area contributed by atoms with Gasteiger partial charge in [-0.15, -0.1) is 0 Å². The highest BCUT2D eigenvalue weighted by molar-refractivity contribution is 6.02. The number of benzene rings is 3. The Hall–Kier alpha value is -4.12. The highest BCUT2D eigenvalue weighted by Gasteiger charge is 2.63. The van der Waals surface area contributed by atoms with Crippen molar-refractivity contribution in [2.45, 2.75) is 18.3 Å². The lowest BCUT2D eigenvalue weighted by Gasteiger charge is -2.35. The molecular formula is C30H26O5. The van der Waals surface area contributed by atoms with Gasteiger partial charge in [-0.05, 0) is 23.6 Å². The highest BCUT2D eigenvalue weighted by atomic mass is 16.5. The monoisotopic (exact) mass is 466 g/mol. The van der Waals surface area contributed by atoms with Gasteiger partial charge in [-0.3, -0.25) is 9.59 Å². The number of methoxy groups -OCH3 is 2. The van der Waals surface area contributed by atoms with E-state index < -0.39 is 22.8 Å². The van der Waals surface area contributed by atoms with Gasteiger partial charge < -0.3 is 14.2 Å². The zero-order valence-corrected chi connectivity index (χ0v) is 19.7. The lowest BCUT2D eigenvalue weighted by atomic mass is 9.71. The summed E-state index contributed by atoms with van der Waals surface area (Å²) < 4.78 is 16.9. The van der Waals surface area contributed by atoms with E-state index in [1.807, 2.05) is 97.1 Å². The molecule has 3 aromatic rings. The normalized spacial score (nSPS) is 20.3. The molecule has 0 aromatic heterocycles. The Labute approximate surface area is 204 Å². The van der Waals surface area contributed by atoms with Gasteiger partial charge in [0.15, 0.2) is 5.41 Å². The van der Waals surface area contributed by atoms with Gasteiger partial charge in [0.25, 0.3) is 0 Å². The number of allylic oxidation sites excluding steroid dienone is 2. The molecule has 176 valence electrons. The average Bonchev–Trinajstić information content (AvgIpc) is 3.31. The Morgan fingerprint density at radius 2 is 1.26 bits per heavy atom. The molecule has 1 atom stereocenters. The predicted octanol–water partition coefficient (Wildman–Crippen LogP) is 5.53. The summed E-state index contributed by atoms with van der Waals surface area (Å²) >= 11 is 0. The van der Waals surface area contributed by atoms with Crippen LogP contribution in [-0.4, -0.2) is 26.2 Å². The van der Waals surface area contributed by atoms with E-state index in [-0.39, 0.29) is 12.8 Å². The second kappa shape index (κ2) is 8.91. The second-order valence-corrected chi connectivity index (χ2v) is 8.91. The van der Waals surface area contributed by atoms with E-state index in [0.29, 0.717) is 11.5 Å². The summed E-state index contributed by atoms with van der Waals surface area (Å²) in [4.78, 5) is 26.5. The molecule has 0 saturated heterocycles. The summed E-state index contributed by atoms with van der Waals surface area (Å²) in [5.41, 5.74) is 1.32. The Morgan fingerprint density at radius 3 is 1.80 bits per heavy atom. The Bertz CT molecular complexity index is 1290. The van der Waals surface area contributed by atoms with Crippen molar-refractivity contribution in [3.8, 4) is 0 Å². The van der Waals surface area contributed by atoms with Crippen molar-refractivity contribution in [1.29, 1.82) is 0 Å². The molecule has 1 fully saturated rings. The maximum absolute atomic E-state index is 13.2. The molecule has 5 heteroatoms. The van der Waals surface area contributed by atoms with Crippen LogP contribution in [0.5, 0.6) is 0 Å². The number of hydrogen-bond acceptors (Lipinski definition) is 5. The molecule has 0 bridgehead atoms. The summed E-state index contributed by atoms with van der Waals surface area (Å²) in [7, 11) is 2.61. The molecular weight excluding hydrogens is 440 g/mol. The molecule has 0 N–H and O–H groups in total. The van der Waals surface area contributed by atoms with Crippen molar-refractivity contribution in [2.24, 2.45) is 5.41 Å². The van der Waals surface area contributed by atoms with Crippen LogP contribution in [0.2, 0.25) is 0 Å². The first-order chi connectivity index (χ1) is 17.0. The van der Waals surface area contributed by atoms with Gasteiger partial charge in [-0.25, -0.2) is 0 Å². The summed E-state index contributed by atoms with van der Waals surface area (Å²) in [5, 5.41) is 0. The fourth-order valence-corrected chi connectivity index (χ4v) is 5.38. The van der Waals surface area contributed by atoms with Crippen LogP contribution in [0.25, 0.3) is 11.5 Å². The van der Waals surface area contributed by atoms with E-state index in [2.05, 4.69) is 0 Å². The molecule has 1 aliphatic carbocycles. The van der Waals surface area contributed by atoms with Gasteiger partial charge in [-0.1, -0.05) is 91.0 Å². The molecule has 1 aliphatic heterocycles. The second-order valence-electron chi connectivity index (χ2n) is 8.91. The van der Waals surface area contributed by atoms with Crippen molar-refractivity contribution in [1.82, 2.24) is 0 Å². The number of hydrogen-bond donors (Lipinski definition) is 0. The molecule has 35 heavy (non-hydrogen) atoms. The van der Waals surface area contributed by atoms with Gasteiger partial charge in [0.1, 0.15) is 11.5 Å². The third-order valence-corrected chi connectivity index (χ3v) is 7.00. The first kappa shape index (κ1) is 22.7. The maximum atomic E-state index is 13.2. The highest BCUT2D eigenvalue weighted by Crippen LogP contribution is 2.61. The number of esters is 2. The smallest absolute Gasteiger partial charge is 0.323 e. The number of carbonyl (C=O) groups is 2. The molecule has 1 unspecified atom stereocenters. The third-order valence-electron chi connectivity index (χ3n) is 7.00. The Balaban J connectivity index is 1.84. The first-order valence-corrected chi connectivity index (χ1v) is 11.5. The van der Waals surface area contributed by atoms with Crippen LogP contribution in [0.4, 0.5) is 0 Å². The van der Waals surface area contributed by atoms with Crippen LogP contribution in [0.3, 0.4) is 0 Å². The minimum Gasteiger partial charge on any atom is -0.468 e. The molecule has 1 heterocycles. The summed E-state index contributed by atoms with van der Waals surface area (Å²) in [6.45, 7) is 0. The van der Waals surface area contributed by atoms with E-state index in [4.69, 9.17) is 14.2 Å². The lowest BCUT2D eigenvalue weighted by Crippen LogP contribution is -2.40. The van der Waals surface area contributed by atoms with Crippen LogP contribution in [0.15, 0.2) is 103 Å². The topological polar surface area (TPSA) is 61.8 Å². The minimum absolute atomic E-state index is 0.129. The molecule has 0 radical (unpaired) electrons. The van der Waals surface area contributed by atoms with Crippen LogP contribution < -0.4 is 0 Å². The van der Waals surface area contributed by atoms with E-state index in [1.165, 1.54) is 14.2 Å². The molecule has 5 nitrogen and oxygen atoms in total. The van der Waals surface area contributed by atoms with E-state index in [1.54, 1.807) is 0 Å². The number of carbonyl (C=O) groups excluding carboxylic acids is 2. The summed E-state index contributed by atoms with van der Waals surface area (Å²) in [6.07, 6.45) is 2.35. The Kier molecular flexibility index (Phi) is 5.77. The van der Waals surface area contributed by atoms with Crippen LogP contribution in [0, 0.1) is 5.41 Å². The summed E-state index contributed by atoms with van der Waals surface area (Å²) in [6, 6.07) is 29.5. The van der Waals surface area contributed by atoms with Crippen LogP contribution in [-0.2, 0) is 29.2 Å². The Morgan fingerprint density at radius 1 is 0.743 bits per heavy atom. The van der Waals surface area contributed by atoms with Crippen LogP contribution >= 0.6 is 0 Å². The zero-order chi connectivity index (χ0) is 24.5. The number of fused-ring (bicyclic) bond motifs is 1. The van der Waals surface area contributed by atoms with Crippen molar-refractivity contribution >= 4 is 23.5 Å². The van der Waals surface area contributed by atoms with Gasteiger partial charge in [-0.2, -0.15) is 0 Å². The van der Waals surface area contributed by atoms with Gasteiger partial charge >= 0.3 is 11.9 Å². The predicted molar refractivity (Wildman–Crippen MR) is 133 cm³/mol. The van der Waals surface area contributed by atoms with E-state index in [0.717, 1.165) is 22.3 Å². The minimum atomic E-state index is -1.50. The lowest BCUT2D eigenvalue weighted by molar-refractivity contribution is -0.168. The SMILES string of the molecule is COC(=O)C1(C(=O)OC)CC2=C(c3ccccc3)OC(c3ccccc3)=CC2(c2ccccc2)C1. The quantitative estimate of drug-likeness (QED) is 0.365. The van der Waals surface area contributed by atoms with Crippen molar-refractivity contribution in [2.75, 3.05) is 14.2 Å². The van der Waals surface area contributed by atoms with Gasteiger partial charge in [0.2, 0.25) is 0 Å². The van der Waals surface area contributed by atoms with Crippen molar-refractivity contribution in [3.63, 3.8) is 0 Å². The molecule has 2 aliphatic rings. The summed E-state index contributed by atoms with van der Waals surface area (Å²) in [5.74, 6) is 0.0975. The third kappa shape index (κ3) is 3.64. The van der Waals surface area contributed by atoms with Gasteiger partial charge in [0, 0.05) is 23.0 Å². The number of ether oxygens (including phenoxy) is 3. The van der Waals surface area contributed by atoms with E-state index >= 15 is 0 Å². The fraction of sp³-hybridized carbons (Fsp3) is 0.200. The molecule has 0 amide bonds. The maximum Gasteiger partial charge on any atom is 0.323 e. The molecule has 0 spiro atoms. The standard InChI is InChI=1S/C30H26O5/c1-33-27(31)30(28(32)34-2)18-24-26(22-14-8-4-9-15-22)35-25(21-12-6-3-7-13-21)19-29(24,20-30)23-16-10-5-11-17-23/h3-17,19H,18,20H2,1-2H3. The van der Waals surface area contributed by atoms with Crippen LogP contribution in [0.1, 0.15) is 29.5 Å². The van der Waals surface area contributed by atoms with Crippen molar-refractivity contribution < 1.29 is 23.8 Å². The molecule has 5 rings (SSSR count). The van der Waals surface area contributed by atoms with E-state index in [9.17, 15) is 9.59 Å². The number of rotatable bonds is 5. The van der Waals surface area contributed by atoms with Gasteiger partial charge in [0.05, 0.1) is 14.2 Å².